The molecule has 0 bridgehead atoms. The van der Waals surface area contributed by atoms with E-state index in [0.29, 0.717) is 56.4 Å². The maximum absolute atomic E-state index is 13.8. The number of benzene rings is 2. The fourth-order valence-corrected chi connectivity index (χ4v) is 6.64. The number of ether oxygens (including phenoxy) is 2. The smallest absolute Gasteiger partial charge is 0.301 e. The zero-order chi connectivity index (χ0) is 30.2. The number of aromatic nitrogens is 3. The van der Waals surface area contributed by atoms with E-state index in [2.05, 4.69) is 16.9 Å². The van der Waals surface area contributed by atoms with Gasteiger partial charge in [0.25, 0.3) is 5.78 Å². The molecule has 220 valence electrons. The SMILES string of the molecule is CCCCCOc1ccc(C2C(=C(O)c3c(C)nc4ccccn34)C(=O)C(=O)N2c2nc3ccc(Cl)cc3s2)cc1OC. The fraction of sp³-hybridized carbons (Fsp3) is 0.250. The summed E-state index contributed by atoms with van der Waals surface area (Å²) in [5.74, 6) is -0.968. The van der Waals surface area contributed by atoms with Crippen LogP contribution < -0.4 is 14.4 Å². The second-order valence-electron chi connectivity index (χ2n) is 10.2. The topological polar surface area (TPSA) is 106 Å². The van der Waals surface area contributed by atoms with Crippen molar-refractivity contribution < 1.29 is 24.2 Å². The van der Waals surface area contributed by atoms with Crippen LogP contribution in [0.15, 0.2) is 66.4 Å². The third kappa shape index (κ3) is 5.10. The summed E-state index contributed by atoms with van der Waals surface area (Å²) >= 11 is 7.46. The van der Waals surface area contributed by atoms with Crippen LogP contribution in [0.25, 0.3) is 21.6 Å². The zero-order valence-electron chi connectivity index (χ0n) is 23.8. The lowest BCUT2D eigenvalue weighted by atomic mass is 9.96. The van der Waals surface area contributed by atoms with Gasteiger partial charge in [-0.2, -0.15) is 0 Å². The van der Waals surface area contributed by atoms with Gasteiger partial charge in [0, 0.05) is 11.2 Å². The molecule has 0 spiro atoms. The average molecular weight is 617 g/mol. The molecule has 11 heteroatoms. The number of Topliss-reactive ketones (excluding diaryl/α,β-unsaturated/α-hetero) is 1. The van der Waals surface area contributed by atoms with Crippen molar-refractivity contribution in [3.63, 3.8) is 0 Å². The van der Waals surface area contributed by atoms with Crippen molar-refractivity contribution in [3.8, 4) is 11.5 Å². The normalized spacial score (nSPS) is 16.5. The van der Waals surface area contributed by atoms with Crippen molar-refractivity contribution in [2.75, 3.05) is 18.6 Å². The van der Waals surface area contributed by atoms with Crippen LogP contribution >= 0.6 is 22.9 Å². The number of ketones is 1. The highest BCUT2D eigenvalue weighted by atomic mass is 35.5. The van der Waals surface area contributed by atoms with E-state index in [-0.39, 0.29) is 11.3 Å². The number of pyridine rings is 1. The Hall–Kier alpha value is -4.41. The van der Waals surface area contributed by atoms with Gasteiger partial charge < -0.3 is 14.6 Å². The minimum Gasteiger partial charge on any atom is -0.505 e. The lowest BCUT2D eigenvalue weighted by Gasteiger charge is -2.24. The van der Waals surface area contributed by atoms with Gasteiger partial charge in [-0.1, -0.05) is 54.8 Å². The Morgan fingerprint density at radius 2 is 1.91 bits per heavy atom. The number of carbonyl (C=O) groups excluding carboxylic acids is 2. The summed E-state index contributed by atoms with van der Waals surface area (Å²) < 4.78 is 14.1. The van der Waals surface area contributed by atoms with E-state index in [1.165, 1.54) is 23.3 Å². The first-order chi connectivity index (χ1) is 20.8. The van der Waals surface area contributed by atoms with Crippen molar-refractivity contribution in [3.05, 3.63) is 88.3 Å². The highest BCUT2D eigenvalue weighted by Gasteiger charge is 2.49. The van der Waals surface area contributed by atoms with Crippen molar-refractivity contribution in [2.45, 2.75) is 39.2 Å². The quantitative estimate of drug-likeness (QED) is 0.0814. The lowest BCUT2D eigenvalue weighted by molar-refractivity contribution is -0.132. The molecule has 1 aliphatic rings. The number of nitrogens with zero attached hydrogens (tertiary/aromatic N) is 4. The van der Waals surface area contributed by atoms with Crippen LogP contribution in [0.4, 0.5) is 5.13 Å². The molecule has 5 aromatic rings. The van der Waals surface area contributed by atoms with Crippen LogP contribution in [0.5, 0.6) is 11.5 Å². The van der Waals surface area contributed by atoms with Gasteiger partial charge in [-0.15, -0.1) is 0 Å². The molecule has 1 fully saturated rings. The Kier molecular flexibility index (Phi) is 7.81. The van der Waals surface area contributed by atoms with Crippen molar-refractivity contribution in [1.82, 2.24) is 14.4 Å². The number of fused-ring (bicyclic) bond motifs is 2. The summed E-state index contributed by atoms with van der Waals surface area (Å²) in [6, 6.07) is 15.0. The van der Waals surface area contributed by atoms with Gasteiger partial charge in [-0.25, -0.2) is 9.97 Å². The van der Waals surface area contributed by atoms with E-state index in [1.807, 2.05) is 6.07 Å². The van der Waals surface area contributed by atoms with E-state index in [1.54, 1.807) is 66.1 Å². The summed E-state index contributed by atoms with van der Waals surface area (Å²) in [5.41, 5.74) is 2.55. The van der Waals surface area contributed by atoms with E-state index in [4.69, 9.17) is 21.1 Å². The molecule has 1 unspecified atom stereocenters. The number of unbranched alkanes of at least 4 members (excludes halogenated alkanes) is 2. The molecule has 1 aliphatic heterocycles. The number of anilines is 1. The standard InChI is InChI=1S/C32H29ClN4O5S/c1-4-5-8-15-42-22-13-10-19(16-23(22)41-3)28-26(29(38)27-18(2)34-25-9-6-7-14-36(25)27)30(39)31(40)37(28)32-35-21-12-11-20(33)17-24(21)43-32/h6-7,9-14,16-17,28,38H,4-5,8,15H2,1-3H3. The average Bonchev–Trinajstić information content (AvgIpc) is 3.65. The summed E-state index contributed by atoms with van der Waals surface area (Å²) in [6.07, 6.45) is 4.77. The van der Waals surface area contributed by atoms with Crippen LogP contribution in [-0.4, -0.2) is 44.9 Å². The Morgan fingerprint density at radius 1 is 1.07 bits per heavy atom. The number of hydrogen-bond acceptors (Lipinski definition) is 8. The molecule has 0 aliphatic carbocycles. The Balaban J connectivity index is 1.54. The first-order valence-corrected chi connectivity index (χ1v) is 15.1. The minimum absolute atomic E-state index is 0.0743. The first kappa shape index (κ1) is 28.7. The molecule has 0 saturated carbocycles. The Labute approximate surface area is 257 Å². The highest BCUT2D eigenvalue weighted by molar-refractivity contribution is 7.22. The van der Waals surface area contributed by atoms with Gasteiger partial charge in [0.15, 0.2) is 22.4 Å². The zero-order valence-corrected chi connectivity index (χ0v) is 25.4. The van der Waals surface area contributed by atoms with Crippen LogP contribution in [0, 0.1) is 6.92 Å². The van der Waals surface area contributed by atoms with Crippen molar-refractivity contribution in [2.24, 2.45) is 0 Å². The Morgan fingerprint density at radius 3 is 2.70 bits per heavy atom. The monoisotopic (exact) mass is 616 g/mol. The number of thiazole rings is 1. The number of hydrogen-bond donors (Lipinski definition) is 1. The molecule has 3 aromatic heterocycles. The molecule has 9 nitrogen and oxygen atoms in total. The van der Waals surface area contributed by atoms with E-state index in [0.717, 1.165) is 24.0 Å². The van der Waals surface area contributed by atoms with Gasteiger partial charge in [-0.05, 0) is 61.4 Å². The van der Waals surface area contributed by atoms with E-state index < -0.39 is 17.7 Å². The first-order valence-electron chi connectivity index (χ1n) is 13.9. The van der Waals surface area contributed by atoms with Crippen LogP contribution in [-0.2, 0) is 9.59 Å². The largest absolute Gasteiger partial charge is 0.505 e. The molecule has 4 heterocycles. The minimum atomic E-state index is -1.01. The second-order valence-corrected chi connectivity index (χ2v) is 11.7. The molecular formula is C32H29ClN4O5S. The number of aliphatic hydroxyl groups is 1. The van der Waals surface area contributed by atoms with Gasteiger partial charge in [0.1, 0.15) is 11.3 Å². The number of carbonyl (C=O) groups is 2. The van der Waals surface area contributed by atoms with Crippen LogP contribution in [0.2, 0.25) is 5.02 Å². The number of rotatable bonds is 9. The lowest BCUT2D eigenvalue weighted by Crippen LogP contribution is -2.29. The molecular weight excluding hydrogens is 588 g/mol. The Bertz CT molecular complexity index is 1910. The van der Waals surface area contributed by atoms with Crippen molar-refractivity contribution in [1.29, 1.82) is 0 Å². The summed E-state index contributed by atoms with van der Waals surface area (Å²) in [6.45, 7) is 4.40. The molecule has 43 heavy (non-hydrogen) atoms. The number of aryl methyl sites for hydroxylation is 1. The molecule has 0 radical (unpaired) electrons. The molecule has 2 aromatic carbocycles. The highest BCUT2D eigenvalue weighted by Crippen LogP contribution is 2.46. The third-order valence-corrected chi connectivity index (χ3v) is 8.68. The molecule has 1 saturated heterocycles. The predicted molar refractivity (Wildman–Crippen MR) is 167 cm³/mol. The third-order valence-electron chi connectivity index (χ3n) is 7.43. The molecule has 1 amide bonds. The van der Waals surface area contributed by atoms with E-state index in [9.17, 15) is 14.7 Å². The van der Waals surface area contributed by atoms with Gasteiger partial charge in [0.05, 0.1) is 41.2 Å². The maximum atomic E-state index is 13.8. The summed E-state index contributed by atoms with van der Waals surface area (Å²) in [5, 5.41) is 12.7. The predicted octanol–water partition coefficient (Wildman–Crippen LogP) is 7.11. The summed E-state index contributed by atoms with van der Waals surface area (Å²) in [7, 11) is 1.54. The van der Waals surface area contributed by atoms with Gasteiger partial charge in [0.2, 0.25) is 0 Å². The van der Waals surface area contributed by atoms with E-state index >= 15 is 0 Å². The van der Waals surface area contributed by atoms with Gasteiger partial charge >= 0.3 is 5.91 Å². The van der Waals surface area contributed by atoms with Crippen LogP contribution in [0.1, 0.15) is 49.2 Å². The summed E-state index contributed by atoms with van der Waals surface area (Å²) in [4.78, 5) is 38.1. The number of aliphatic hydroxyl groups excluding tert-OH is 1. The number of amides is 1. The van der Waals surface area contributed by atoms with Crippen molar-refractivity contribution >= 4 is 61.4 Å². The molecule has 1 atom stereocenters. The second kappa shape index (κ2) is 11.7. The number of methoxy groups -OCH3 is 1. The number of halogens is 1. The number of imidazole rings is 1. The fourth-order valence-electron chi connectivity index (χ4n) is 5.37. The van der Waals surface area contributed by atoms with Gasteiger partial charge in [-0.3, -0.25) is 18.9 Å². The molecule has 6 rings (SSSR count). The van der Waals surface area contributed by atoms with Crippen LogP contribution in [0.3, 0.4) is 0 Å². The molecule has 1 N–H and O–H groups in total. The maximum Gasteiger partial charge on any atom is 0.301 e.